The lowest BCUT2D eigenvalue weighted by Crippen LogP contribution is -2.46. The van der Waals surface area contributed by atoms with Gasteiger partial charge in [0.1, 0.15) is 11.6 Å². The Morgan fingerprint density at radius 2 is 1.61 bits per heavy atom. The molecule has 2 heterocycles. The van der Waals surface area contributed by atoms with Crippen LogP contribution in [0.5, 0.6) is 0 Å². The fourth-order valence-electron chi connectivity index (χ4n) is 3.59. The van der Waals surface area contributed by atoms with Gasteiger partial charge in [-0.3, -0.25) is 0 Å². The molecule has 2 N–H and O–H groups in total. The molecule has 7 nitrogen and oxygen atoms in total. The van der Waals surface area contributed by atoms with Crippen LogP contribution in [0.25, 0.3) is 22.9 Å². The van der Waals surface area contributed by atoms with Gasteiger partial charge in [-0.05, 0) is 36.2 Å². The van der Waals surface area contributed by atoms with Gasteiger partial charge in [0.25, 0.3) is 0 Å². The predicted octanol–water partition coefficient (Wildman–Crippen LogP) is 3.84. The van der Waals surface area contributed by atoms with Gasteiger partial charge < -0.3 is 20.0 Å². The van der Waals surface area contributed by atoms with Crippen LogP contribution in [-0.4, -0.2) is 64.8 Å². The molecule has 1 aliphatic heterocycles. The molecule has 1 aromatic heterocycles. The number of pyridine rings is 1. The van der Waals surface area contributed by atoms with Crippen molar-refractivity contribution in [2.75, 3.05) is 37.6 Å². The van der Waals surface area contributed by atoms with Gasteiger partial charge in [0.15, 0.2) is 0 Å². The molecule has 172 valence electrons. The largest absolute Gasteiger partial charge is 0.473 e. The Labute approximate surface area is 191 Å². The van der Waals surface area contributed by atoms with Gasteiger partial charge >= 0.3 is 11.9 Å². The molecule has 0 spiro atoms. The summed E-state index contributed by atoms with van der Waals surface area (Å²) in [6.45, 7) is 7.37. The van der Waals surface area contributed by atoms with E-state index in [-0.39, 0.29) is 5.82 Å². The van der Waals surface area contributed by atoms with E-state index in [2.05, 4.69) is 41.0 Å². The molecular formula is C25H26FN3O4. The molecule has 0 atom stereocenters. The number of halogens is 1. The molecule has 0 amide bonds. The van der Waals surface area contributed by atoms with Crippen LogP contribution in [0.15, 0.2) is 54.6 Å². The minimum absolute atomic E-state index is 0.217. The number of hydrogen-bond acceptors (Lipinski definition) is 5. The highest BCUT2D eigenvalue weighted by Crippen LogP contribution is 2.27. The van der Waals surface area contributed by atoms with Crippen LogP contribution < -0.4 is 4.90 Å². The van der Waals surface area contributed by atoms with Crippen LogP contribution in [0.1, 0.15) is 18.2 Å². The number of likely N-dealkylation sites (N-methyl/N-ethyl adjacent to an activating group) is 1. The lowest BCUT2D eigenvalue weighted by Gasteiger charge is -2.35. The summed E-state index contributed by atoms with van der Waals surface area (Å²) in [7, 11) is 0. The van der Waals surface area contributed by atoms with Crippen molar-refractivity contribution in [3.63, 3.8) is 0 Å². The zero-order chi connectivity index (χ0) is 23.8. The highest BCUT2D eigenvalue weighted by Gasteiger charge is 2.19. The van der Waals surface area contributed by atoms with Crippen LogP contribution >= 0.6 is 0 Å². The molecule has 1 aliphatic rings. The molecule has 0 radical (unpaired) electrons. The number of rotatable bonds is 4. The van der Waals surface area contributed by atoms with Gasteiger partial charge in [0.05, 0.1) is 5.69 Å². The van der Waals surface area contributed by atoms with E-state index >= 15 is 0 Å². The quantitative estimate of drug-likeness (QED) is 0.582. The van der Waals surface area contributed by atoms with Crippen molar-refractivity contribution in [3.8, 4) is 0 Å². The first kappa shape index (κ1) is 23.9. The highest BCUT2D eigenvalue weighted by atomic mass is 19.1. The third-order valence-electron chi connectivity index (χ3n) is 5.38. The maximum atomic E-state index is 13.9. The standard InChI is InChI=1S/C23H24FN3.C2H2O4/c1-2-26-13-15-27(16-14-26)23-21-9-5-3-8-19(21)17-20(25-23)12-11-18-7-4-6-10-22(18)24;3-1(4)2(5)6/h3-12,17H,2,13-16H2,1H3;(H,3,4)(H,5,6). The van der Waals surface area contributed by atoms with Gasteiger partial charge in [0, 0.05) is 37.1 Å². The number of carboxylic acids is 2. The number of anilines is 1. The molecule has 33 heavy (non-hydrogen) atoms. The molecule has 1 fully saturated rings. The van der Waals surface area contributed by atoms with E-state index in [1.807, 2.05) is 18.2 Å². The second-order valence-electron chi connectivity index (χ2n) is 7.48. The second-order valence-corrected chi connectivity index (χ2v) is 7.48. The van der Waals surface area contributed by atoms with Gasteiger partial charge in [-0.1, -0.05) is 49.4 Å². The van der Waals surface area contributed by atoms with Gasteiger partial charge in [-0.25, -0.2) is 19.0 Å². The molecule has 0 bridgehead atoms. The zero-order valence-electron chi connectivity index (χ0n) is 18.3. The topological polar surface area (TPSA) is 94.0 Å². The lowest BCUT2D eigenvalue weighted by molar-refractivity contribution is -0.159. The van der Waals surface area contributed by atoms with Crippen molar-refractivity contribution < 1.29 is 24.2 Å². The summed E-state index contributed by atoms with van der Waals surface area (Å²) < 4.78 is 13.9. The molecule has 0 unspecified atom stereocenters. The third kappa shape index (κ3) is 6.36. The van der Waals surface area contributed by atoms with E-state index in [1.165, 1.54) is 11.5 Å². The molecule has 2 aromatic carbocycles. The van der Waals surface area contributed by atoms with E-state index < -0.39 is 11.9 Å². The van der Waals surface area contributed by atoms with Crippen molar-refractivity contribution in [1.29, 1.82) is 0 Å². The Hall–Kier alpha value is -3.78. The van der Waals surface area contributed by atoms with Gasteiger partial charge in [-0.2, -0.15) is 0 Å². The Morgan fingerprint density at radius 1 is 0.970 bits per heavy atom. The predicted molar refractivity (Wildman–Crippen MR) is 127 cm³/mol. The van der Waals surface area contributed by atoms with Crippen molar-refractivity contribution in [3.05, 3.63) is 71.7 Å². The monoisotopic (exact) mass is 451 g/mol. The van der Waals surface area contributed by atoms with Crippen molar-refractivity contribution >= 4 is 40.7 Å². The average Bonchev–Trinajstić information content (AvgIpc) is 2.83. The summed E-state index contributed by atoms with van der Waals surface area (Å²) in [6.07, 6.45) is 3.70. The number of fused-ring (bicyclic) bond motifs is 1. The maximum Gasteiger partial charge on any atom is 0.414 e. The normalized spacial score (nSPS) is 14.2. The van der Waals surface area contributed by atoms with E-state index in [0.29, 0.717) is 5.56 Å². The van der Waals surface area contributed by atoms with Crippen LogP contribution in [0.2, 0.25) is 0 Å². The molecular weight excluding hydrogens is 425 g/mol. The van der Waals surface area contributed by atoms with Gasteiger partial charge in [0.2, 0.25) is 0 Å². The molecule has 0 aliphatic carbocycles. The Balaban J connectivity index is 0.000000454. The van der Waals surface area contributed by atoms with Crippen molar-refractivity contribution in [2.24, 2.45) is 0 Å². The minimum atomic E-state index is -1.82. The van der Waals surface area contributed by atoms with Gasteiger partial charge in [-0.15, -0.1) is 0 Å². The summed E-state index contributed by atoms with van der Waals surface area (Å²) in [5.41, 5.74) is 1.43. The van der Waals surface area contributed by atoms with Crippen molar-refractivity contribution in [2.45, 2.75) is 6.92 Å². The highest BCUT2D eigenvalue weighted by molar-refractivity contribution is 6.27. The summed E-state index contributed by atoms with van der Waals surface area (Å²) >= 11 is 0. The van der Waals surface area contributed by atoms with Crippen LogP contribution in [0, 0.1) is 5.82 Å². The summed E-state index contributed by atoms with van der Waals surface area (Å²) in [6, 6.07) is 17.2. The minimum Gasteiger partial charge on any atom is -0.473 e. The number of nitrogens with zero attached hydrogens (tertiary/aromatic N) is 3. The Morgan fingerprint density at radius 3 is 2.24 bits per heavy atom. The fourth-order valence-corrected chi connectivity index (χ4v) is 3.59. The molecule has 3 aromatic rings. The average molecular weight is 451 g/mol. The number of benzene rings is 2. The van der Waals surface area contributed by atoms with E-state index in [9.17, 15) is 4.39 Å². The number of hydrogen-bond donors (Lipinski definition) is 2. The summed E-state index contributed by atoms with van der Waals surface area (Å²) in [5.74, 6) is -2.84. The number of carbonyl (C=O) groups is 2. The number of piperazine rings is 1. The Bertz CT molecular complexity index is 1150. The van der Waals surface area contributed by atoms with E-state index in [0.717, 1.165) is 49.6 Å². The molecule has 4 rings (SSSR count). The van der Waals surface area contributed by atoms with Crippen molar-refractivity contribution in [1.82, 2.24) is 9.88 Å². The molecule has 1 saturated heterocycles. The SMILES string of the molecule is CCN1CCN(c2nc(C=Cc3ccccc3F)cc3ccccc23)CC1.O=C(O)C(=O)O. The first-order valence-corrected chi connectivity index (χ1v) is 10.6. The molecule has 8 heteroatoms. The summed E-state index contributed by atoms with van der Waals surface area (Å²) in [5, 5.41) is 17.1. The van der Waals surface area contributed by atoms with Crippen LogP contribution in [-0.2, 0) is 9.59 Å². The Kier molecular flexibility index (Phi) is 8.10. The zero-order valence-corrected chi connectivity index (χ0v) is 18.3. The first-order chi connectivity index (χ1) is 15.9. The van der Waals surface area contributed by atoms with E-state index in [4.69, 9.17) is 24.8 Å². The second kappa shape index (κ2) is 11.2. The van der Waals surface area contributed by atoms with E-state index in [1.54, 1.807) is 18.2 Å². The van der Waals surface area contributed by atoms with Crippen LogP contribution in [0.4, 0.5) is 10.2 Å². The number of carboxylic acid groups (broad SMARTS) is 2. The lowest BCUT2D eigenvalue weighted by atomic mass is 10.1. The third-order valence-corrected chi connectivity index (χ3v) is 5.38. The fraction of sp³-hybridized carbons (Fsp3) is 0.240. The smallest absolute Gasteiger partial charge is 0.414 e. The molecule has 0 saturated carbocycles. The van der Waals surface area contributed by atoms with Crippen LogP contribution in [0.3, 0.4) is 0 Å². The first-order valence-electron chi connectivity index (χ1n) is 10.6. The number of aliphatic carboxylic acids is 2. The maximum absolute atomic E-state index is 13.9. The summed E-state index contributed by atoms with van der Waals surface area (Å²) in [4.78, 5) is 27.9. The number of aromatic nitrogens is 1.